The van der Waals surface area contributed by atoms with Crippen molar-refractivity contribution in [2.75, 3.05) is 6.54 Å². The third-order valence-electron chi connectivity index (χ3n) is 4.01. The maximum Gasteiger partial charge on any atom is 0.246 e. The Morgan fingerprint density at radius 1 is 1.32 bits per heavy atom. The van der Waals surface area contributed by atoms with E-state index >= 15 is 0 Å². The largest absolute Gasteiger partial charge is 0.345 e. The van der Waals surface area contributed by atoms with Gasteiger partial charge in [-0.3, -0.25) is 9.59 Å². The van der Waals surface area contributed by atoms with Gasteiger partial charge in [-0.1, -0.05) is 12.8 Å². The third kappa shape index (κ3) is 2.21. The highest BCUT2D eigenvalue weighted by atomic mass is 79.9. The molecule has 2 amide bonds. The first-order chi connectivity index (χ1) is 9.12. The van der Waals surface area contributed by atoms with Crippen molar-refractivity contribution in [1.82, 2.24) is 10.2 Å². The summed E-state index contributed by atoms with van der Waals surface area (Å²) in [6.45, 7) is 0.676. The molecule has 0 unspecified atom stereocenters. The quantitative estimate of drug-likeness (QED) is 0.896. The molecule has 102 valence electrons. The predicted molar refractivity (Wildman–Crippen MR) is 76.8 cm³/mol. The van der Waals surface area contributed by atoms with Crippen molar-refractivity contribution in [2.24, 2.45) is 0 Å². The minimum atomic E-state index is -0.591. The van der Waals surface area contributed by atoms with Crippen LogP contribution in [0.25, 0.3) is 0 Å². The summed E-state index contributed by atoms with van der Waals surface area (Å²) in [6, 6.07) is 3.99. The maximum absolute atomic E-state index is 12.3. The fraction of sp³-hybridized carbons (Fsp3) is 0.538. The minimum absolute atomic E-state index is 0.0280. The number of hydrogen-bond donors (Lipinski definition) is 1. The summed E-state index contributed by atoms with van der Waals surface area (Å²) in [5.74, 6) is 0.0613. The van der Waals surface area contributed by atoms with Gasteiger partial charge in [0.2, 0.25) is 11.8 Å². The van der Waals surface area contributed by atoms with Gasteiger partial charge < -0.3 is 10.2 Å². The summed E-state index contributed by atoms with van der Waals surface area (Å²) in [5.41, 5.74) is -0.591. The zero-order valence-electron chi connectivity index (χ0n) is 10.4. The second-order valence-electron chi connectivity index (χ2n) is 5.11. The minimum Gasteiger partial charge on any atom is -0.345 e. The summed E-state index contributed by atoms with van der Waals surface area (Å²) in [5, 5.41) is 2.75. The zero-order valence-corrected chi connectivity index (χ0v) is 12.8. The van der Waals surface area contributed by atoms with E-state index < -0.39 is 5.54 Å². The molecule has 1 aromatic heterocycles. The van der Waals surface area contributed by atoms with E-state index in [1.807, 2.05) is 12.1 Å². The molecule has 1 aliphatic carbocycles. The van der Waals surface area contributed by atoms with Crippen LogP contribution in [0.2, 0.25) is 0 Å². The molecular formula is C13H15BrN2O2S. The summed E-state index contributed by atoms with van der Waals surface area (Å²) in [6.07, 6.45) is 3.62. The average molecular weight is 343 g/mol. The van der Waals surface area contributed by atoms with Crippen LogP contribution in [-0.2, 0) is 16.1 Å². The molecule has 2 heterocycles. The summed E-state index contributed by atoms with van der Waals surface area (Å²) in [7, 11) is 0. The number of thiophene rings is 1. The number of piperazine rings is 1. The van der Waals surface area contributed by atoms with Crippen LogP contribution in [0.15, 0.2) is 15.9 Å². The highest BCUT2D eigenvalue weighted by molar-refractivity contribution is 9.11. The Bertz CT molecular complexity index is 522. The van der Waals surface area contributed by atoms with Crippen LogP contribution >= 0.6 is 27.3 Å². The fourth-order valence-corrected chi connectivity index (χ4v) is 4.54. The van der Waals surface area contributed by atoms with Gasteiger partial charge in [-0.15, -0.1) is 11.3 Å². The molecule has 0 aromatic carbocycles. The predicted octanol–water partition coefficient (Wildman–Crippen LogP) is 2.28. The van der Waals surface area contributed by atoms with Crippen molar-refractivity contribution < 1.29 is 9.59 Å². The monoisotopic (exact) mass is 342 g/mol. The molecule has 2 fully saturated rings. The van der Waals surface area contributed by atoms with E-state index in [0.717, 1.165) is 34.3 Å². The second kappa shape index (κ2) is 4.90. The molecule has 1 saturated carbocycles. The van der Waals surface area contributed by atoms with E-state index in [0.29, 0.717) is 6.54 Å². The number of carbonyl (C=O) groups is 2. The molecule has 19 heavy (non-hydrogen) atoms. The average Bonchev–Trinajstić information content (AvgIpc) is 3.01. The van der Waals surface area contributed by atoms with Crippen LogP contribution in [0.3, 0.4) is 0 Å². The van der Waals surface area contributed by atoms with E-state index in [1.165, 1.54) is 0 Å². The second-order valence-corrected chi connectivity index (χ2v) is 7.65. The molecule has 2 aliphatic rings. The Labute approximate surface area is 124 Å². The standard InChI is InChI=1S/C13H15BrN2O2S/c14-10-4-3-9(19-10)8-16-11(17)7-15-12(18)13(16)5-1-2-6-13/h3-4H,1-2,5-8H2,(H,15,18). The van der Waals surface area contributed by atoms with Crippen LogP contribution in [0.1, 0.15) is 30.6 Å². The van der Waals surface area contributed by atoms with Crippen LogP contribution in [0.5, 0.6) is 0 Å². The third-order valence-corrected chi connectivity index (χ3v) is 5.62. The van der Waals surface area contributed by atoms with Crippen molar-refractivity contribution >= 4 is 39.1 Å². The lowest BCUT2D eigenvalue weighted by molar-refractivity contribution is -0.154. The van der Waals surface area contributed by atoms with Crippen LogP contribution in [-0.4, -0.2) is 28.8 Å². The van der Waals surface area contributed by atoms with Gasteiger partial charge >= 0.3 is 0 Å². The normalized spacial score (nSPS) is 22.1. The van der Waals surface area contributed by atoms with Crippen molar-refractivity contribution in [3.05, 3.63) is 20.8 Å². The molecule has 1 aliphatic heterocycles. The molecule has 1 saturated heterocycles. The topological polar surface area (TPSA) is 49.4 Å². The summed E-state index contributed by atoms with van der Waals surface area (Å²) in [4.78, 5) is 27.4. The molecule has 4 nitrogen and oxygen atoms in total. The maximum atomic E-state index is 12.3. The first kappa shape index (κ1) is 13.1. The van der Waals surface area contributed by atoms with E-state index in [2.05, 4.69) is 21.2 Å². The number of nitrogens with one attached hydrogen (secondary N) is 1. The summed E-state index contributed by atoms with van der Waals surface area (Å²) >= 11 is 5.05. The molecule has 0 bridgehead atoms. The first-order valence-electron chi connectivity index (χ1n) is 6.45. The van der Waals surface area contributed by atoms with Gasteiger partial charge in [0.05, 0.1) is 16.9 Å². The van der Waals surface area contributed by atoms with Crippen LogP contribution < -0.4 is 5.32 Å². The van der Waals surface area contributed by atoms with Gasteiger partial charge in [0.15, 0.2) is 0 Å². The van der Waals surface area contributed by atoms with Crippen molar-refractivity contribution in [3.8, 4) is 0 Å². The number of halogens is 1. The van der Waals surface area contributed by atoms with E-state index in [-0.39, 0.29) is 18.4 Å². The van der Waals surface area contributed by atoms with Crippen molar-refractivity contribution in [3.63, 3.8) is 0 Å². The van der Waals surface area contributed by atoms with Gasteiger partial charge in [-0.05, 0) is 40.9 Å². The molecule has 6 heteroatoms. The van der Waals surface area contributed by atoms with Gasteiger partial charge in [0.1, 0.15) is 5.54 Å². The van der Waals surface area contributed by atoms with Crippen LogP contribution in [0.4, 0.5) is 0 Å². The Morgan fingerprint density at radius 2 is 2.05 bits per heavy atom. The van der Waals surface area contributed by atoms with Gasteiger partial charge in [0.25, 0.3) is 0 Å². The molecule has 0 atom stereocenters. The van der Waals surface area contributed by atoms with E-state index in [4.69, 9.17) is 0 Å². The highest BCUT2D eigenvalue weighted by Gasteiger charge is 2.50. The van der Waals surface area contributed by atoms with Crippen LogP contribution in [0, 0.1) is 0 Å². The lowest BCUT2D eigenvalue weighted by Gasteiger charge is -2.43. The number of rotatable bonds is 2. The number of amides is 2. The smallest absolute Gasteiger partial charge is 0.246 e. The Kier molecular flexibility index (Phi) is 3.39. The van der Waals surface area contributed by atoms with Crippen molar-refractivity contribution in [2.45, 2.75) is 37.8 Å². The Balaban J connectivity index is 1.90. The lowest BCUT2D eigenvalue weighted by atomic mass is 9.91. The highest BCUT2D eigenvalue weighted by Crippen LogP contribution is 2.38. The van der Waals surface area contributed by atoms with E-state index in [1.54, 1.807) is 16.2 Å². The molecular weight excluding hydrogens is 328 g/mol. The molecule has 1 N–H and O–H groups in total. The molecule has 0 radical (unpaired) electrons. The number of carbonyl (C=O) groups excluding carboxylic acids is 2. The molecule has 1 aromatic rings. The van der Waals surface area contributed by atoms with Crippen molar-refractivity contribution in [1.29, 1.82) is 0 Å². The first-order valence-corrected chi connectivity index (χ1v) is 8.06. The SMILES string of the molecule is O=C1CNC(=O)C2(CCCC2)N1Cc1ccc(Br)s1. The lowest BCUT2D eigenvalue weighted by Crippen LogP contribution is -2.65. The van der Waals surface area contributed by atoms with E-state index in [9.17, 15) is 9.59 Å². The van der Waals surface area contributed by atoms with Gasteiger partial charge in [0, 0.05) is 4.88 Å². The Hall–Kier alpha value is -0.880. The van der Waals surface area contributed by atoms with Gasteiger partial charge in [-0.25, -0.2) is 0 Å². The fourth-order valence-electron chi connectivity index (χ4n) is 3.07. The number of hydrogen-bond acceptors (Lipinski definition) is 3. The summed E-state index contributed by atoms with van der Waals surface area (Å²) < 4.78 is 1.05. The molecule has 3 rings (SSSR count). The number of nitrogens with zero attached hydrogens (tertiary/aromatic N) is 1. The zero-order chi connectivity index (χ0) is 13.5. The van der Waals surface area contributed by atoms with Gasteiger partial charge in [-0.2, -0.15) is 0 Å². The molecule has 1 spiro atoms. The Morgan fingerprint density at radius 3 is 2.68 bits per heavy atom.